The quantitative estimate of drug-likeness (QED) is 0.450. The smallest absolute Gasteiger partial charge is 0.337 e. The SMILES string of the molecule is COC(=O)c1ccc([C@@H]2Oc3ccccc3C3=C2[C@H](c2ccccc2F)n2ncnc2N3)cc1. The predicted molar refractivity (Wildman–Crippen MR) is 123 cm³/mol. The number of rotatable bonds is 3. The lowest BCUT2D eigenvalue weighted by Crippen LogP contribution is -2.32. The Morgan fingerprint density at radius 3 is 2.62 bits per heavy atom. The highest BCUT2D eigenvalue weighted by Crippen LogP contribution is 2.50. The summed E-state index contributed by atoms with van der Waals surface area (Å²) >= 11 is 0. The van der Waals surface area contributed by atoms with Crippen LogP contribution in [0.1, 0.15) is 39.2 Å². The van der Waals surface area contributed by atoms with Crippen LogP contribution in [0.4, 0.5) is 10.3 Å². The number of nitrogens with one attached hydrogen (secondary N) is 1. The van der Waals surface area contributed by atoms with Crippen molar-refractivity contribution in [3.63, 3.8) is 0 Å². The summed E-state index contributed by atoms with van der Waals surface area (Å²) in [6.45, 7) is 0. The molecule has 0 saturated heterocycles. The Bertz CT molecular complexity index is 1440. The lowest BCUT2D eigenvalue weighted by molar-refractivity contribution is 0.0600. The molecule has 0 fully saturated rings. The molecule has 0 amide bonds. The second kappa shape index (κ2) is 7.84. The molecule has 0 unspecified atom stereocenters. The van der Waals surface area contributed by atoms with Crippen molar-refractivity contribution in [2.75, 3.05) is 12.4 Å². The van der Waals surface area contributed by atoms with Gasteiger partial charge in [0.25, 0.3) is 0 Å². The number of aromatic nitrogens is 3. The minimum Gasteiger partial charge on any atom is -0.480 e. The third kappa shape index (κ3) is 3.07. The molecule has 1 N–H and O–H groups in total. The molecule has 0 saturated carbocycles. The zero-order chi connectivity index (χ0) is 23.2. The van der Waals surface area contributed by atoms with Crippen LogP contribution in [0.3, 0.4) is 0 Å². The van der Waals surface area contributed by atoms with Crippen molar-refractivity contribution in [1.82, 2.24) is 14.8 Å². The maximum atomic E-state index is 15.1. The van der Waals surface area contributed by atoms with E-state index < -0.39 is 18.1 Å². The van der Waals surface area contributed by atoms with Crippen LogP contribution in [-0.4, -0.2) is 27.8 Å². The van der Waals surface area contributed by atoms with Gasteiger partial charge >= 0.3 is 5.97 Å². The summed E-state index contributed by atoms with van der Waals surface area (Å²) in [6, 6.07) is 20.8. The van der Waals surface area contributed by atoms with Crippen LogP contribution in [0.15, 0.2) is 84.7 Å². The molecule has 4 aromatic rings. The highest BCUT2D eigenvalue weighted by atomic mass is 19.1. The number of benzene rings is 3. The second-order valence-electron chi connectivity index (χ2n) is 8.02. The van der Waals surface area contributed by atoms with E-state index in [1.54, 1.807) is 35.0 Å². The van der Waals surface area contributed by atoms with Gasteiger partial charge in [-0.05, 0) is 35.9 Å². The minimum absolute atomic E-state index is 0.346. The zero-order valence-electron chi connectivity index (χ0n) is 18.1. The number of carbonyl (C=O) groups is 1. The van der Waals surface area contributed by atoms with Gasteiger partial charge in [-0.15, -0.1) is 0 Å². The molecule has 0 spiro atoms. The molecule has 3 aromatic carbocycles. The van der Waals surface area contributed by atoms with Crippen LogP contribution in [-0.2, 0) is 4.74 Å². The number of anilines is 1. The molecule has 0 bridgehead atoms. The molecule has 2 aliphatic heterocycles. The van der Waals surface area contributed by atoms with Crippen LogP contribution in [0.25, 0.3) is 5.70 Å². The molecular weight excluding hydrogens is 435 g/mol. The molecule has 6 rings (SSSR count). The van der Waals surface area contributed by atoms with Gasteiger partial charge in [0.15, 0.2) is 0 Å². The molecule has 1 aromatic heterocycles. The third-order valence-corrected chi connectivity index (χ3v) is 6.16. The number of carbonyl (C=O) groups excluding carboxylic acids is 1. The molecular formula is C26H19FN4O3. The van der Waals surface area contributed by atoms with Gasteiger partial charge in [-0.3, -0.25) is 0 Å². The van der Waals surface area contributed by atoms with Crippen LogP contribution in [0.2, 0.25) is 0 Å². The highest BCUT2D eigenvalue weighted by molar-refractivity contribution is 5.89. The Kier molecular flexibility index (Phi) is 4.65. The number of esters is 1. The van der Waals surface area contributed by atoms with E-state index in [1.165, 1.54) is 19.5 Å². The molecule has 7 nitrogen and oxygen atoms in total. The van der Waals surface area contributed by atoms with Gasteiger partial charge in [0, 0.05) is 16.7 Å². The van der Waals surface area contributed by atoms with E-state index in [0.717, 1.165) is 22.4 Å². The molecule has 3 heterocycles. The fourth-order valence-electron chi connectivity index (χ4n) is 4.60. The molecule has 0 aliphatic carbocycles. The van der Waals surface area contributed by atoms with Crippen molar-refractivity contribution < 1.29 is 18.7 Å². The minimum atomic E-state index is -0.589. The van der Waals surface area contributed by atoms with Gasteiger partial charge in [0.2, 0.25) is 5.95 Å². The first-order valence-electron chi connectivity index (χ1n) is 10.7. The summed E-state index contributed by atoms with van der Waals surface area (Å²) in [6.07, 6.45) is 0.882. The standard InChI is InChI=1S/C26H19FN4O3/c1-33-25(32)16-12-10-15(11-13-16)24-21-22(18-7-3-5-9-20(18)34-24)30-26-28-14-29-31(26)23(21)17-6-2-4-8-19(17)27/h2-14,23-24H,1H3,(H,28,29,30)/t23-,24-/m0/s1. The molecule has 168 valence electrons. The zero-order valence-corrected chi connectivity index (χ0v) is 18.1. The van der Waals surface area contributed by atoms with E-state index >= 15 is 4.39 Å². The number of halogens is 1. The van der Waals surface area contributed by atoms with Crippen LogP contribution < -0.4 is 10.1 Å². The van der Waals surface area contributed by atoms with Crippen molar-refractivity contribution in [2.45, 2.75) is 12.1 Å². The van der Waals surface area contributed by atoms with Gasteiger partial charge in [-0.25, -0.2) is 13.9 Å². The first-order valence-corrected chi connectivity index (χ1v) is 10.7. The van der Waals surface area contributed by atoms with Crippen LogP contribution in [0.5, 0.6) is 5.75 Å². The van der Waals surface area contributed by atoms with Gasteiger partial charge in [0.05, 0.1) is 18.4 Å². The fraction of sp³-hybridized carbons (Fsp3) is 0.115. The summed E-state index contributed by atoms with van der Waals surface area (Å²) in [5.74, 6) is 0.443. The van der Waals surface area contributed by atoms with Crippen LogP contribution in [0, 0.1) is 5.82 Å². The van der Waals surface area contributed by atoms with Crippen molar-refractivity contribution in [3.8, 4) is 5.75 Å². The first-order chi connectivity index (χ1) is 16.7. The van der Waals surface area contributed by atoms with Gasteiger partial charge in [0.1, 0.15) is 30.0 Å². The number of hydrogen-bond donors (Lipinski definition) is 1. The fourth-order valence-corrected chi connectivity index (χ4v) is 4.60. The Morgan fingerprint density at radius 1 is 1.06 bits per heavy atom. The third-order valence-electron chi connectivity index (χ3n) is 6.16. The number of hydrogen-bond acceptors (Lipinski definition) is 6. The Hall–Kier alpha value is -4.46. The predicted octanol–water partition coefficient (Wildman–Crippen LogP) is 4.76. The van der Waals surface area contributed by atoms with E-state index in [1.807, 2.05) is 36.4 Å². The van der Waals surface area contributed by atoms with E-state index in [-0.39, 0.29) is 5.82 Å². The van der Waals surface area contributed by atoms with E-state index in [9.17, 15) is 4.79 Å². The number of nitrogens with zero attached hydrogens (tertiary/aromatic N) is 3. The maximum Gasteiger partial charge on any atom is 0.337 e. The normalized spacial score (nSPS) is 18.2. The number of methoxy groups -OCH3 is 1. The summed E-state index contributed by atoms with van der Waals surface area (Å²) in [5.41, 5.74) is 4.16. The van der Waals surface area contributed by atoms with Gasteiger partial charge in [-0.2, -0.15) is 10.1 Å². The van der Waals surface area contributed by atoms with Gasteiger partial charge < -0.3 is 14.8 Å². The maximum absolute atomic E-state index is 15.1. The van der Waals surface area contributed by atoms with E-state index in [2.05, 4.69) is 15.4 Å². The Morgan fingerprint density at radius 2 is 1.82 bits per heavy atom. The molecule has 8 heteroatoms. The Balaban J connectivity index is 1.58. The molecule has 2 atom stereocenters. The lowest BCUT2D eigenvalue weighted by Gasteiger charge is -2.39. The number of fused-ring (bicyclic) bond motifs is 3. The second-order valence-corrected chi connectivity index (χ2v) is 8.02. The number of ether oxygens (including phenoxy) is 2. The average Bonchev–Trinajstić information content (AvgIpc) is 3.35. The van der Waals surface area contributed by atoms with Crippen molar-refractivity contribution in [1.29, 1.82) is 0 Å². The summed E-state index contributed by atoms with van der Waals surface area (Å²) in [4.78, 5) is 16.3. The summed E-state index contributed by atoms with van der Waals surface area (Å²) < 4.78 is 28.1. The molecule has 0 radical (unpaired) electrons. The highest BCUT2D eigenvalue weighted by Gasteiger charge is 2.41. The van der Waals surface area contributed by atoms with Gasteiger partial charge in [-0.1, -0.05) is 42.5 Å². The van der Waals surface area contributed by atoms with Crippen LogP contribution >= 0.6 is 0 Å². The summed E-state index contributed by atoms with van der Waals surface area (Å²) in [5, 5.41) is 7.79. The van der Waals surface area contributed by atoms with E-state index in [0.29, 0.717) is 22.8 Å². The number of para-hydroxylation sites is 1. The van der Waals surface area contributed by atoms with Crippen molar-refractivity contribution in [2.24, 2.45) is 0 Å². The average molecular weight is 454 g/mol. The molecule has 34 heavy (non-hydrogen) atoms. The largest absolute Gasteiger partial charge is 0.480 e. The topological polar surface area (TPSA) is 78.3 Å². The van der Waals surface area contributed by atoms with E-state index in [4.69, 9.17) is 9.47 Å². The molecule has 2 aliphatic rings. The summed E-state index contributed by atoms with van der Waals surface area (Å²) in [7, 11) is 1.34. The van der Waals surface area contributed by atoms with Crippen molar-refractivity contribution in [3.05, 3.63) is 113 Å². The van der Waals surface area contributed by atoms with Crippen molar-refractivity contribution >= 4 is 17.6 Å². The lowest BCUT2D eigenvalue weighted by atomic mass is 9.84. The first kappa shape index (κ1) is 20.2. The monoisotopic (exact) mass is 454 g/mol. The Labute approximate surface area is 194 Å².